The highest BCUT2D eigenvalue weighted by atomic mass is 35.5. The number of hydrogen-bond donors (Lipinski definition) is 2. The first-order chi connectivity index (χ1) is 10.0. The van der Waals surface area contributed by atoms with Crippen molar-refractivity contribution in [2.45, 2.75) is 56.9 Å². The highest BCUT2D eigenvalue weighted by Gasteiger charge is 2.36. The molecule has 7 heteroatoms. The van der Waals surface area contributed by atoms with Crippen LogP contribution < -0.4 is 11.1 Å². The summed E-state index contributed by atoms with van der Waals surface area (Å²) >= 11 is 2.00. The van der Waals surface area contributed by atoms with Gasteiger partial charge in [-0.25, -0.2) is 0 Å². The molecule has 2 unspecified atom stereocenters. The largest absolute Gasteiger partial charge is 0.346 e. The Morgan fingerprint density at radius 2 is 2.00 bits per heavy atom. The summed E-state index contributed by atoms with van der Waals surface area (Å²) in [6.07, 6.45) is 4.79. The summed E-state index contributed by atoms with van der Waals surface area (Å²) in [6, 6.07) is -0.183. The van der Waals surface area contributed by atoms with Crippen LogP contribution in [0.2, 0.25) is 0 Å². The lowest BCUT2D eigenvalue weighted by Gasteiger charge is -2.43. The van der Waals surface area contributed by atoms with Crippen LogP contribution in [0.25, 0.3) is 0 Å². The minimum Gasteiger partial charge on any atom is -0.346 e. The third kappa shape index (κ3) is 4.77. The molecule has 2 aliphatic rings. The van der Waals surface area contributed by atoms with Crippen LogP contribution in [-0.2, 0) is 9.59 Å². The number of rotatable bonds is 4. The maximum atomic E-state index is 12.4. The van der Waals surface area contributed by atoms with Gasteiger partial charge in [0.1, 0.15) is 0 Å². The Kier molecular flexibility index (Phi) is 8.00. The summed E-state index contributed by atoms with van der Waals surface area (Å²) < 4.78 is 0. The van der Waals surface area contributed by atoms with E-state index in [2.05, 4.69) is 5.32 Å². The molecular weight excluding hydrogens is 322 g/mol. The summed E-state index contributed by atoms with van der Waals surface area (Å²) in [4.78, 5) is 26.2. The summed E-state index contributed by atoms with van der Waals surface area (Å²) in [5.41, 5.74) is 5.79. The minimum absolute atomic E-state index is 0. The Labute approximate surface area is 143 Å². The van der Waals surface area contributed by atoms with Gasteiger partial charge >= 0.3 is 0 Å². The zero-order valence-corrected chi connectivity index (χ0v) is 15.0. The second kappa shape index (κ2) is 8.99. The number of halogens is 1. The van der Waals surface area contributed by atoms with Gasteiger partial charge in [0.05, 0.1) is 12.6 Å². The molecule has 0 spiro atoms. The average molecular weight is 350 g/mol. The van der Waals surface area contributed by atoms with E-state index < -0.39 is 6.04 Å². The topological polar surface area (TPSA) is 75.4 Å². The molecule has 0 aromatic heterocycles. The fourth-order valence-corrected chi connectivity index (χ4v) is 4.53. The standard InChI is InChI=1S/C15H27N3O2S.ClH/c1-10(2)14(16)15(20)17-9-13(19)18-7-8-21-12-6-4-3-5-11(12)18;/h10-12,14H,3-9,16H2,1-2H3,(H,17,20);1H/t11?,12?,14-;/m0./s1. The van der Waals surface area contributed by atoms with Crippen LogP contribution in [0.1, 0.15) is 39.5 Å². The molecule has 22 heavy (non-hydrogen) atoms. The molecule has 3 N–H and O–H groups in total. The monoisotopic (exact) mass is 349 g/mol. The second-order valence-electron chi connectivity index (χ2n) is 6.34. The Bertz CT molecular complexity index is 393. The first kappa shape index (κ1) is 19.6. The van der Waals surface area contributed by atoms with Gasteiger partial charge in [0.2, 0.25) is 11.8 Å². The Morgan fingerprint density at radius 1 is 1.32 bits per heavy atom. The molecule has 0 aromatic rings. The lowest BCUT2D eigenvalue weighted by atomic mass is 9.93. The van der Waals surface area contributed by atoms with Crippen molar-refractivity contribution in [1.82, 2.24) is 10.2 Å². The molecule has 1 heterocycles. The molecule has 1 saturated carbocycles. The normalized spacial score (nSPS) is 25.9. The van der Waals surface area contributed by atoms with Gasteiger partial charge < -0.3 is 16.0 Å². The lowest BCUT2D eigenvalue weighted by Crippen LogP contribution is -2.55. The molecule has 3 atom stereocenters. The highest BCUT2D eigenvalue weighted by Crippen LogP contribution is 2.35. The van der Waals surface area contributed by atoms with Gasteiger partial charge in [-0.1, -0.05) is 26.7 Å². The van der Waals surface area contributed by atoms with Gasteiger partial charge in [-0.2, -0.15) is 11.8 Å². The van der Waals surface area contributed by atoms with Crippen LogP contribution in [-0.4, -0.2) is 52.9 Å². The molecule has 1 saturated heterocycles. The third-order valence-electron chi connectivity index (χ3n) is 4.49. The van der Waals surface area contributed by atoms with E-state index in [0.717, 1.165) is 18.7 Å². The molecule has 1 aliphatic heterocycles. The van der Waals surface area contributed by atoms with E-state index in [1.807, 2.05) is 30.5 Å². The lowest BCUT2D eigenvalue weighted by molar-refractivity contribution is -0.135. The SMILES string of the molecule is CC(C)[C@H](N)C(=O)NCC(=O)N1CCSC2CCCCC21.Cl. The minimum atomic E-state index is -0.544. The maximum absolute atomic E-state index is 12.4. The predicted molar refractivity (Wildman–Crippen MR) is 93.3 cm³/mol. The zero-order valence-electron chi connectivity index (χ0n) is 13.4. The Hall–Kier alpha value is -0.460. The summed E-state index contributed by atoms with van der Waals surface area (Å²) in [6.45, 7) is 4.69. The fraction of sp³-hybridized carbons (Fsp3) is 0.867. The van der Waals surface area contributed by atoms with Crippen molar-refractivity contribution >= 4 is 36.0 Å². The van der Waals surface area contributed by atoms with Crippen LogP contribution in [0, 0.1) is 5.92 Å². The number of carbonyl (C=O) groups excluding carboxylic acids is 2. The zero-order chi connectivity index (χ0) is 15.4. The van der Waals surface area contributed by atoms with E-state index in [1.165, 1.54) is 19.3 Å². The molecule has 0 bridgehead atoms. The smallest absolute Gasteiger partial charge is 0.242 e. The average Bonchev–Trinajstić information content (AvgIpc) is 2.50. The van der Waals surface area contributed by atoms with Crippen molar-refractivity contribution < 1.29 is 9.59 Å². The summed E-state index contributed by atoms with van der Waals surface area (Å²) in [7, 11) is 0. The molecule has 1 aliphatic carbocycles. The van der Waals surface area contributed by atoms with Crippen molar-refractivity contribution in [2.75, 3.05) is 18.8 Å². The van der Waals surface area contributed by atoms with Crippen molar-refractivity contribution in [3.8, 4) is 0 Å². The van der Waals surface area contributed by atoms with Crippen LogP contribution in [0.15, 0.2) is 0 Å². The van der Waals surface area contributed by atoms with Gasteiger partial charge in [0.25, 0.3) is 0 Å². The van der Waals surface area contributed by atoms with Crippen LogP contribution in [0.3, 0.4) is 0 Å². The molecule has 5 nitrogen and oxygen atoms in total. The molecule has 2 amide bonds. The van der Waals surface area contributed by atoms with E-state index in [1.54, 1.807) is 0 Å². The fourth-order valence-electron chi connectivity index (χ4n) is 3.09. The van der Waals surface area contributed by atoms with Gasteiger partial charge in [-0.05, 0) is 18.8 Å². The molecule has 2 fully saturated rings. The van der Waals surface area contributed by atoms with E-state index in [0.29, 0.717) is 11.3 Å². The molecular formula is C15H28ClN3O2S. The first-order valence-corrected chi connectivity index (χ1v) is 9.00. The van der Waals surface area contributed by atoms with Gasteiger partial charge in [0.15, 0.2) is 0 Å². The van der Waals surface area contributed by atoms with Gasteiger partial charge in [-0.3, -0.25) is 9.59 Å². The summed E-state index contributed by atoms with van der Waals surface area (Å²) in [5, 5.41) is 3.28. The van der Waals surface area contributed by atoms with Crippen molar-refractivity contribution in [1.29, 1.82) is 0 Å². The number of nitrogens with two attached hydrogens (primary N) is 1. The molecule has 128 valence electrons. The number of carbonyl (C=O) groups is 2. The van der Waals surface area contributed by atoms with E-state index >= 15 is 0 Å². The van der Waals surface area contributed by atoms with Gasteiger partial charge in [0, 0.05) is 23.6 Å². The number of amides is 2. The third-order valence-corrected chi connectivity index (χ3v) is 5.88. The second-order valence-corrected chi connectivity index (χ2v) is 7.68. The first-order valence-electron chi connectivity index (χ1n) is 7.95. The van der Waals surface area contributed by atoms with E-state index in [-0.39, 0.29) is 36.7 Å². The number of thioether (sulfide) groups is 1. The number of hydrogen-bond acceptors (Lipinski definition) is 4. The molecule has 0 radical (unpaired) electrons. The van der Waals surface area contributed by atoms with E-state index in [4.69, 9.17) is 5.73 Å². The number of fused-ring (bicyclic) bond motifs is 1. The maximum Gasteiger partial charge on any atom is 0.242 e. The van der Waals surface area contributed by atoms with Gasteiger partial charge in [-0.15, -0.1) is 12.4 Å². The molecule has 0 aromatic carbocycles. The number of nitrogens with one attached hydrogen (secondary N) is 1. The predicted octanol–water partition coefficient (Wildman–Crippen LogP) is 1.39. The van der Waals surface area contributed by atoms with E-state index in [9.17, 15) is 9.59 Å². The Balaban J connectivity index is 0.00000242. The summed E-state index contributed by atoms with van der Waals surface area (Å²) in [5.74, 6) is 0.891. The van der Waals surface area contributed by atoms with Crippen molar-refractivity contribution in [3.05, 3.63) is 0 Å². The van der Waals surface area contributed by atoms with Crippen LogP contribution in [0.5, 0.6) is 0 Å². The highest BCUT2D eigenvalue weighted by molar-refractivity contribution is 8.00. The number of nitrogens with zero attached hydrogens (tertiary/aromatic N) is 1. The molecule has 2 rings (SSSR count). The van der Waals surface area contributed by atoms with Crippen molar-refractivity contribution in [3.63, 3.8) is 0 Å². The Morgan fingerprint density at radius 3 is 2.68 bits per heavy atom. The van der Waals surface area contributed by atoms with Crippen molar-refractivity contribution in [2.24, 2.45) is 11.7 Å². The van der Waals surface area contributed by atoms with Crippen LogP contribution in [0.4, 0.5) is 0 Å². The quantitative estimate of drug-likeness (QED) is 0.804. The van der Waals surface area contributed by atoms with Crippen LogP contribution >= 0.6 is 24.2 Å².